The minimum atomic E-state index is -0.728. The van der Waals surface area contributed by atoms with E-state index in [2.05, 4.69) is 33.0 Å². The first-order valence-corrected chi connectivity index (χ1v) is 16.3. The number of amides is 3. The van der Waals surface area contributed by atoms with Crippen LogP contribution < -0.4 is 11.1 Å². The predicted octanol–water partition coefficient (Wildman–Crippen LogP) is 4.22. The number of carbonyl (C=O) groups excluding carboxylic acids is 3. The molecule has 2 aliphatic carbocycles. The zero-order valence-electron chi connectivity index (χ0n) is 26.0. The van der Waals surface area contributed by atoms with Crippen LogP contribution in [0, 0.1) is 22.7 Å². The summed E-state index contributed by atoms with van der Waals surface area (Å²) < 4.78 is 0. The minimum absolute atomic E-state index is 0.00934. The highest BCUT2D eigenvalue weighted by molar-refractivity contribution is 7.15. The molecule has 3 aliphatic rings. The fourth-order valence-electron chi connectivity index (χ4n) is 7.71. The van der Waals surface area contributed by atoms with Crippen molar-refractivity contribution in [1.82, 2.24) is 9.88 Å². The summed E-state index contributed by atoms with van der Waals surface area (Å²) in [5, 5.41) is 25.1. The summed E-state index contributed by atoms with van der Waals surface area (Å²) in [5.41, 5.74) is 6.90. The maximum atomic E-state index is 13.7. The van der Waals surface area contributed by atoms with Crippen molar-refractivity contribution < 1.29 is 24.6 Å². The van der Waals surface area contributed by atoms with Gasteiger partial charge in [-0.05, 0) is 66.5 Å². The number of piperidine rings is 1. The molecule has 1 aromatic heterocycles. The largest absolute Gasteiger partial charge is 0.396 e. The number of nitrogens with one attached hydrogen (secondary N) is 1. The molecule has 3 amide bonds. The summed E-state index contributed by atoms with van der Waals surface area (Å²) in [5.74, 6) is -1.06. The number of rotatable bonds is 6. The second kappa shape index (κ2) is 11.6. The number of aromatic nitrogens is 1. The second-order valence-electron chi connectivity index (χ2n) is 14.4. The van der Waals surface area contributed by atoms with Gasteiger partial charge >= 0.3 is 0 Å². The molecule has 0 radical (unpaired) electrons. The first-order valence-electron chi connectivity index (χ1n) is 15.4. The SMILES string of the molecule is CC(C)(C)c1ccc(C(=O)Nc2nc3c(s2)CC2C(C)(CO)C(O)CCC2(C)C3CC(=O)N2CCC(C(N)=O)CC2)cc1. The molecule has 1 aromatic carbocycles. The Morgan fingerprint density at radius 2 is 1.77 bits per heavy atom. The number of hydrogen-bond acceptors (Lipinski definition) is 7. The number of anilines is 1. The number of benzene rings is 1. The van der Waals surface area contributed by atoms with Gasteiger partial charge in [0, 0.05) is 47.2 Å². The van der Waals surface area contributed by atoms with E-state index >= 15 is 0 Å². The summed E-state index contributed by atoms with van der Waals surface area (Å²) in [6.07, 6.45) is 2.57. The normalized spacial score (nSPS) is 29.5. The van der Waals surface area contributed by atoms with Gasteiger partial charge in [0.15, 0.2) is 5.13 Å². The molecule has 5 N–H and O–H groups in total. The summed E-state index contributed by atoms with van der Waals surface area (Å²) in [7, 11) is 0. The van der Waals surface area contributed by atoms with Crippen LogP contribution in [-0.2, 0) is 21.4 Å². The summed E-state index contributed by atoms with van der Waals surface area (Å²) in [4.78, 5) is 46.4. The summed E-state index contributed by atoms with van der Waals surface area (Å²) >= 11 is 1.42. The molecule has 234 valence electrons. The third kappa shape index (κ3) is 5.85. The van der Waals surface area contributed by atoms with E-state index in [0.29, 0.717) is 55.9 Å². The van der Waals surface area contributed by atoms with Crippen molar-refractivity contribution in [3.8, 4) is 0 Å². The van der Waals surface area contributed by atoms with E-state index < -0.39 is 11.5 Å². The van der Waals surface area contributed by atoms with Gasteiger partial charge in [-0.25, -0.2) is 4.98 Å². The van der Waals surface area contributed by atoms with Crippen LogP contribution in [0.15, 0.2) is 24.3 Å². The number of nitrogens with zero attached hydrogens (tertiary/aromatic N) is 2. The van der Waals surface area contributed by atoms with Gasteiger partial charge in [-0.1, -0.05) is 46.8 Å². The third-order valence-corrected chi connectivity index (χ3v) is 11.8. The van der Waals surface area contributed by atoms with Crippen molar-refractivity contribution in [3.05, 3.63) is 46.0 Å². The molecule has 1 aliphatic heterocycles. The fraction of sp³-hybridized carbons (Fsp3) is 0.636. The fourth-order valence-corrected chi connectivity index (χ4v) is 8.77. The van der Waals surface area contributed by atoms with Crippen molar-refractivity contribution >= 4 is 34.2 Å². The Morgan fingerprint density at radius 1 is 1.12 bits per heavy atom. The Hall–Kier alpha value is -2.82. The Balaban J connectivity index is 1.43. The topological polar surface area (TPSA) is 146 Å². The van der Waals surface area contributed by atoms with Crippen molar-refractivity contribution in [3.63, 3.8) is 0 Å². The van der Waals surface area contributed by atoms with Crippen molar-refractivity contribution in [1.29, 1.82) is 0 Å². The number of primary amides is 1. The molecule has 0 bridgehead atoms. The Bertz CT molecular complexity index is 1380. The van der Waals surface area contributed by atoms with Crippen LogP contribution in [0.5, 0.6) is 0 Å². The number of thiazole rings is 1. The zero-order valence-corrected chi connectivity index (χ0v) is 26.8. The van der Waals surface area contributed by atoms with Gasteiger partial charge in [0.25, 0.3) is 5.91 Å². The molecule has 2 heterocycles. The third-order valence-electron chi connectivity index (χ3n) is 10.8. The molecule has 2 fully saturated rings. The van der Waals surface area contributed by atoms with E-state index in [-0.39, 0.29) is 59.3 Å². The molecule has 5 atom stereocenters. The van der Waals surface area contributed by atoms with Crippen LogP contribution in [0.4, 0.5) is 5.13 Å². The zero-order chi connectivity index (χ0) is 31.3. The van der Waals surface area contributed by atoms with Crippen LogP contribution in [0.1, 0.15) is 99.1 Å². The number of hydrogen-bond donors (Lipinski definition) is 4. The van der Waals surface area contributed by atoms with Gasteiger partial charge in [0.2, 0.25) is 11.8 Å². The van der Waals surface area contributed by atoms with E-state index in [4.69, 9.17) is 10.7 Å². The average Bonchev–Trinajstić information content (AvgIpc) is 3.37. The van der Waals surface area contributed by atoms with E-state index in [9.17, 15) is 24.6 Å². The molecule has 9 nitrogen and oxygen atoms in total. The first kappa shape index (κ1) is 31.6. The quantitative estimate of drug-likeness (QED) is 0.385. The van der Waals surface area contributed by atoms with Crippen LogP contribution in [0.2, 0.25) is 0 Å². The predicted molar refractivity (Wildman–Crippen MR) is 167 cm³/mol. The maximum absolute atomic E-state index is 13.7. The molecule has 43 heavy (non-hydrogen) atoms. The molecule has 0 spiro atoms. The Kier molecular flexibility index (Phi) is 8.52. The summed E-state index contributed by atoms with van der Waals surface area (Å²) in [6.45, 7) is 11.3. The van der Waals surface area contributed by atoms with Crippen molar-refractivity contribution in [2.45, 2.75) is 90.6 Å². The van der Waals surface area contributed by atoms with Crippen molar-refractivity contribution in [2.75, 3.05) is 25.0 Å². The lowest BCUT2D eigenvalue weighted by Crippen LogP contribution is -2.58. The molecule has 1 saturated carbocycles. The summed E-state index contributed by atoms with van der Waals surface area (Å²) in [6, 6.07) is 7.61. The maximum Gasteiger partial charge on any atom is 0.257 e. The number of likely N-dealkylation sites (tertiary alicyclic amines) is 1. The monoisotopic (exact) mass is 610 g/mol. The van der Waals surface area contributed by atoms with Crippen LogP contribution in [0.3, 0.4) is 0 Å². The lowest BCUT2D eigenvalue weighted by atomic mass is 9.47. The van der Waals surface area contributed by atoms with Gasteiger partial charge in [-0.2, -0.15) is 0 Å². The average molecular weight is 611 g/mol. The number of nitrogens with two attached hydrogens (primary N) is 1. The highest BCUT2D eigenvalue weighted by Crippen LogP contribution is 2.63. The van der Waals surface area contributed by atoms with E-state index in [1.54, 1.807) is 0 Å². The molecule has 10 heteroatoms. The highest BCUT2D eigenvalue weighted by atomic mass is 32.1. The number of aliphatic hydroxyl groups is 2. The van der Waals surface area contributed by atoms with Gasteiger partial charge in [-0.3, -0.25) is 19.7 Å². The molecular formula is C33H46N4O5S. The van der Waals surface area contributed by atoms with Gasteiger partial charge in [-0.15, -0.1) is 11.3 Å². The second-order valence-corrected chi connectivity index (χ2v) is 15.5. The standard InChI is InChI=1S/C33H46N4O5S/c1-31(2,3)21-8-6-20(7-9-21)29(42)36-30-35-27-22(16-26(40)37-14-11-19(12-15-37)28(34)41)32(4)13-10-25(39)33(5,18-38)24(32)17-23(27)43-30/h6-9,19,22,24-25,38-39H,10-18H2,1-5H3,(H2,34,41)(H,35,36,42). The minimum Gasteiger partial charge on any atom is -0.396 e. The number of aliphatic hydroxyl groups excluding tert-OH is 2. The van der Waals surface area contributed by atoms with Crippen LogP contribution in [0.25, 0.3) is 0 Å². The molecule has 2 aromatic rings. The molecular weight excluding hydrogens is 564 g/mol. The first-order chi connectivity index (χ1) is 20.2. The molecule has 5 unspecified atom stereocenters. The van der Waals surface area contributed by atoms with E-state index in [1.807, 2.05) is 36.1 Å². The Morgan fingerprint density at radius 3 is 2.35 bits per heavy atom. The number of fused-ring (bicyclic) bond motifs is 2. The Labute approximate surface area is 258 Å². The van der Waals surface area contributed by atoms with Gasteiger partial charge < -0.3 is 20.8 Å². The molecule has 5 rings (SSSR count). The number of carbonyl (C=O) groups is 3. The lowest BCUT2D eigenvalue weighted by Gasteiger charge is -2.58. The van der Waals surface area contributed by atoms with E-state index in [0.717, 1.165) is 16.1 Å². The van der Waals surface area contributed by atoms with Crippen LogP contribution in [-0.4, -0.2) is 63.6 Å². The van der Waals surface area contributed by atoms with Gasteiger partial charge in [0.05, 0.1) is 18.4 Å². The molecule has 1 saturated heterocycles. The highest BCUT2D eigenvalue weighted by Gasteiger charge is 2.59. The van der Waals surface area contributed by atoms with E-state index in [1.165, 1.54) is 11.3 Å². The van der Waals surface area contributed by atoms with Gasteiger partial charge in [0.1, 0.15) is 0 Å². The van der Waals surface area contributed by atoms with Crippen LogP contribution >= 0.6 is 11.3 Å². The van der Waals surface area contributed by atoms with Crippen molar-refractivity contribution in [2.24, 2.45) is 28.4 Å². The lowest BCUT2D eigenvalue weighted by molar-refractivity contribution is -0.148. The smallest absolute Gasteiger partial charge is 0.257 e.